The van der Waals surface area contributed by atoms with Gasteiger partial charge in [0.25, 0.3) is 0 Å². The fourth-order valence-electron chi connectivity index (χ4n) is 0.289. The summed E-state index contributed by atoms with van der Waals surface area (Å²) in [7, 11) is -4.15. The average Bonchev–Trinajstić information content (AvgIpc) is 1.90. The Morgan fingerprint density at radius 1 is 1.45 bits per heavy atom. The minimum Gasteiger partial charge on any atom is -0.745 e. The Kier molecular flexibility index (Phi) is 9.27. The molecule has 0 amide bonds. The lowest BCUT2D eigenvalue weighted by molar-refractivity contribution is -0.648. The summed E-state index contributed by atoms with van der Waals surface area (Å²) in [5.74, 6) is 0. The van der Waals surface area contributed by atoms with Gasteiger partial charge in [-0.1, -0.05) is 6.58 Å². The number of nitrogens with two attached hydrogens (primary N) is 1. The van der Waals surface area contributed by atoms with Crippen molar-refractivity contribution in [2.24, 2.45) is 0 Å². The van der Waals surface area contributed by atoms with Crippen LogP contribution in [0.1, 0.15) is 13.8 Å². The third-order valence-corrected chi connectivity index (χ3v) is 1.19. The van der Waals surface area contributed by atoms with Crippen LogP contribution in [-0.4, -0.2) is 26.1 Å². The lowest BCUT2D eigenvalue weighted by Gasteiger charge is -1.92. The Morgan fingerprint density at radius 2 is 1.73 bits per heavy atom. The van der Waals surface area contributed by atoms with Crippen molar-refractivity contribution >= 4 is 10.1 Å². The molecule has 5 heteroatoms. The lowest BCUT2D eigenvalue weighted by atomic mass is 10.7. The highest BCUT2D eigenvalue weighted by Crippen LogP contribution is 1.75. The molecule has 0 heterocycles. The fraction of sp³-hybridized carbons (Fsp3) is 0.667. The molecule has 0 atom stereocenters. The first kappa shape index (κ1) is 13.2. The third-order valence-electron chi connectivity index (χ3n) is 0.781. The normalized spacial score (nSPS) is 9.73. The van der Waals surface area contributed by atoms with Gasteiger partial charge in [-0.05, 0) is 13.8 Å². The first-order chi connectivity index (χ1) is 4.97. The van der Waals surface area contributed by atoms with Crippen LogP contribution in [0.15, 0.2) is 12.0 Å². The van der Waals surface area contributed by atoms with E-state index >= 15 is 0 Å². The second-order valence-electron chi connectivity index (χ2n) is 1.76. The molecule has 0 aliphatic rings. The second-order valence-corrected chi connectivity index (χ2v) is 3.08. The predicted octanol–water partition coefficient (Wildman–Crippen LogP) is -0.735. The van der Waals surface area contributed by atoms with Gasteiger partial charge < -0.3 is 9.87 Å². The summed E-state index contributed by atoms with van der Waals surface area (Å²) in [4.78, 5) is 0. The molecule has 0 rings (SSSR count). The van der Waals surface area contributed by atoms with Crippen molar-refractivity contribution in [2.45, 2.75) is 13.8 Å². The highest BCUT2D eigenvalue weighted by atomic mass is 32.2. The highest BCUT2D eigenvalue weighted by molar-refractivity contribution is 7.88. The summed E-state index contributed by atoms with van der Waals surface area (Å²) in [6.45, 7) is 9.48. The zero-order valence-electron chi connectivity index (χ0n) is 6.91. The van der Waals surface area contributed by atoms with Crippen LogP contribution in [0.5, 0.6) is 0 Å². The van der Waals surface area contributed by atoms with E-state index in [0.717, 1.165) is 0 Å². The van der Waals surface area contributed by atoms with Gasteiger partial charge in [0.05, 0.1) is 13.1 Å². The third kappa shape index (κ3) is 26.2. The van der Waals surface area contributed by atoms with Gasteiger partial charge in [0.1, 0.15) is 10.1 Å². The molecular weight excluding hydrogens is 166 g/mol. The maximum Gasteiger partial charge on any atom is 0.116 e. The summed E-state index contributed by atoms with van der Waals surface area (Å²) >= 11 is 0. The van der Waals surface area contributed by atoms with Gasteiger partial charge in [-0.3, -0.25) is 0 Å². The zero-order chi connectivity index (χ0) is 9.33. The van der Waals surface area contributed by atoms with E-state index in [1.54, 1.807) is 0 Å². The Morgan fingerprint density at radius 3 is 1.73 bits per heavy atom. The van der Waals surface area contributed by atoms with Crippen molar-refractivity contribution in [2.75, 3.05) is 13.1 Å². The first-order valence-electron chi connectivity index (χ1n) is 3.37. The van der Waals surface area contributed by atoms with E-state index in [9.17, 15) is 13.0 Å². The molecule has 0 aromatic rings. The number of hydrogen-bond acceptors (Lipinski definition) is 3. The van der Waals surface area contributed by atoms with Crippen LogP contribution < -0.4 is 5.32 Å². The van der Waals surface area contributed by atoms with Crippen molar-refractivity contribution in [3.8, 4) is 0 Å². The minimum atomic E-state index is -4.15. The Bertz CT molecular complexity index is 161. The fourth-order valence-corrected chi connectivity index (χ4v) is 0.289. The zero-order valence-corrected chi connectivity index (χ0v) is 7.73. The van der Waals surface area contributed by atoms with Crippen molar-refractivity contribution in [3.63, 3.8) is 0 Å². The quantitative estimate of drug-likeness (QED) is 0.583. The standard InChI is InChI=1S/C4H11N.C2H4O3S/c1-3-5-4-2;1-2-6(3,4)5/h5H,3-4H2,1-2H3;2H,1H2,(H,3,4,5). The largest absolute Gasteiger partial charge is 0.745 e. The number of rotatable bonds is 3. The van der Waals surface area contributed by atoms with Gasteiger partial charge in [0.2, 0.25) is 0 Å². The van der Waals surface area contributed by atoms with Crippen LogP contribution >= 0.6 is 0 Å². The second kappa shape index (κ2) is 7.71. The van der Waals surface area contributed by atoms with E-state index in [2.05, 4.69) is 25.7 Å². The highest BCUT2D eigenvalue weighted by Gasteiger charge is 1.73. The Labute approximate surface area is 68.1 Å². The Balaban J connectivity index is 0. The van der Waals surface area contributed by atoms with Gasteiger partial charge in [-0.25, -0.2) is 8.42 Å². The lowest BCUT2D eigenvalue weighted by Crippen LogP contribution is -2.82. The molecular formula is C6H15NO3S. The maximum absolute atomic E-state index is 9.33. The molecule has 0 aliphatic carbocycles. The van der Waals surface area contributed by atoms with E-state index in [-0.39, 0.29) is 0 Å². The predicted molar refractivity (Wildman–Crippen MR) is 42.9 cm³/mol. The summed E-state index contributed by atoms with van der Waals surface area (Å²) in [5.41, 5.74) is 0. The van der Waals surface area contributed by atoms with Crippen LogP contribution in [0.2, 0.25) is 0 Å². The summed E-state index contributed by atoms with van der Waals surface area (Å²) in [6, 6.07) is 0. The molecule has 0 bridgehead atoms. The smallest absolute Gasteiger partial charge is 0.116 e. The summed E-state index contributed by atoms with van der Waals surface area (Å²) < 4.78 is 28.0. The molecule has 0 saturated heterocycles. The molecule has 4 nitrogen and oxygen atoms in total. The molecule has 0 unspecified atom stereocenters. The van der Waals surface area contributed by atoms with Crippen LogP contribution in [0.25, 0.3) is 0 Å². The van der Waals surface area contributed by atoms with Crippen LogP contribution in [0.3, 0.4) is 0 Å². The van der Waals surface area contributed by atoms with Gasteiger partial charge in [0, 0.05) is 5.41 Å². The molecule has 0 saturated carbocycles. The monoisotopic (exact) mass is 181 g/mol. The van der Waals surface area contributed by atoms with E-state index in [1.165, 1.54) is 13.1 Å². The van der Waals surface area contributed by atoms with E-state index < -0.39 is 10.1 Å². The number of quaternary nitrogens is 1. The molecule has 68 valence electrons. The molecule has 0 fully saturated rings. The topological polar surface area (TPSA) is 73.8 Å². The van der Waals surface area contributed by atoms with Gasteiger partial charge >= 0.3 is 0 Å². The van der Waals surface area contributed by atoms with Gasteiger partial charge in [0.15, 0.2) is 0 Å². The van der Waals surface area contributed by atoms with Crippen LogP contribution in [0, 0.1) is 0 Å². The molecule has 11 heavy (non-hydrogen) atoms. The average molecular weight is 181 g/mol. The minimum absolute atomic E-state index is 0.354. The van der Waals surface area contributed by atoms with Crippen molar-refractivity contribution in [1.82, 2.24) is 0 Å². The molecule has 0 aromatic carbocycles. The summed E-state index contributed by atoms with van der Waals surface area (Å²) in [6.07, 6.45) is 0. The van der Waals surface area contributed by atoms with Crippen molar-refractivity contribution < 1.29 is 18.3 Å². The van der Waals surface area contributed by atoms with Crippen LogP contribution in [0.4, 0.5) is 0 Å². The van der Waals surface area contributed by atoms with Gasteiger partial charge in [-0.2, -0.15) is 0 Å². The van der Waals surface area contributed by atoms with Crippen LogP contribution in [-0.2, 0) is 10.1 Å². The van der Waals surface area contributed by atoms with E-state index in [1.807, 2.05) is 0 Å². The molecule has 2 N–H and O–H groups in total. The summed E-state index contributed by atoms with van der Waals surface area (Å²) in [5, 5.41) is 2.60. The Hall–Kier alpha value is -0.390. The SMILES string of the molecule is C=CS(=O)(=O)[O-].CC[NH2+]CC. The maximum atomic E-state index is 9.33. The number of hydrogen-bond donors (Lipinski definition) is 1. The van der Waals surface area contributed by atoms with E-state index in [4.69, 9.17) is 0 Å². The molecule has 0 radical (unpaired) electrons. The molecule has 0 aliphatic heterocycles. The molecule has 0 spiro atoms. The van der Waals surface area contributed by atoms with Crippen molar-refractivity contribution in [3.05, 3.63) is 12.0 Å². The van der Waals surface area contributed by atoms with Crippen molar-refractivity contribution in [1.29, 1.82) is 0 Å². The van der Waals surface area contributed by atoms with E-state index in [0.29, 0.717) is 5.41 Å². The molecule has 0 aromatic heterocycles. The first-order valence-corrected chi connectivity index (χ1v) is 4.85. The van der Waals surface area contributed by atoms with Gasteiger partial charge in [-0.15, -0.1) is 0 Å².